The highest BCUT2D eigenvalue weighted by Crippen LogP contribution is 2.24. The Labute approximate surface area is 170 Å². The van der Waals surface area contributed by atoms with E-state index in [2.05, 4.69) is 23.2 Å². The van der Waals surface area contributed by atoms with Crippen molar-refractivity contribution < 1.29 is 31.6 Å². The summed E-state index contributed by atoms with van der Waals surface area (Å²) in [6.45, 7) is 7.55. The molecular formula is C22H18F5NO2. The van der Waals surface area contributed by atoms with E-state index >= 15 is 0 Å². The van der Waals surface area contributed by atoms with Crippen LogP contribution in [-0.4, -0.2) is 11.7 Å². The van der Waals surface area contributed by atoms with Crippen LogP contribution in [0.3, 0.4) is 0 Å². The minimum atomic E-state index is -2.37. The van der Waals surface area contributed by atoms with Crippen molar-refractivity contribution in [3.63, 3.8) is 0 Å². The van der Waals surface area contributed by atoms with Crippen LogP contribution < -0.4 is 0 Å². The molecule has 2 aromatic carbocycles. The first-order valence-electron chi connectivity index (χ1n) is 8.90. The van der Waals surface area contributed by atoms with Crippen LogP contribution in [0.5, 0.6) is 0 Å². The van der Waals surface area contributed by atoms with Gasteiger partial charge in [-0.05, 0) is 31.2 Å². The van der Waals surface area contributed by atoms with E-state index in [1.54, 1.807) is 36.4 Å². The van der Waals surface area contributed by atoms with E-state index in [-0.39, 0.29) is 12.1 Å². The van der Waals surface area contributed by atoms with E-state index in [0.717, 1.165) is 12.0 Å². The summed E-state index contributed by atoms with van der Waals surface area (Å²) >= 11 is 0. The van der Waals surface area contributed by atoms with Crippen LogP contribution in [0.2, 0.25) is 0 Å². The number of hydrogen-bond donors (Lipinski definition) is 0. The van der Waals surface area contributed by atoms with Gasteiger partial charge in [0.1, 0.15) is 5.56 Å². The Morgan fingerprint density at radius 1 is 0.900 bits per heavy atom. The largest absolute Gasteiger partial charge is 0.371 e. The van der Waals surface area contributed by atoms with Gasteiger partial charge in [-0.2, -0.15) is 0 Å². The van der Waals surface area contributed by atoms with Crippen LogP contribution in [0.4, 0.5) is 22.0 Å². The molecule has 0 aromatic heterocycles. The highest BCUT2D eigenvalue weighted by molar-refractivity contribution is 6.01. The highest BCUT2D eigenvalue weighted by atomic mass is 19.2. The molecule has 0 bridgehead atoms. The van der Waals surface area contributed by atoms with E-state index in [9.17, 15) is 26.7 Å². The molecule has 0 fully saturated rings. The molecule has 8 heteroatoms. The molecule has 158 valence electrons. The first-order chi connectivity index (χ1) is 14.3. The SMILES string of the molecule is C=CCCC(=C)CC/C(=N/OC(=O)c1c(F)c(F)c(F)c(F)c1F)c1ccccc1. The zero-order valence-electron chi connectivity index (χ0n) is 15.9. The van der Waals surface area contributed by atoms with Crippen molar-refractivity contribution in [3.8, 4) is 0 Å². The number of oxime groups is 1. The van der Waals surface area contributed by atoms with E-state index in [4.69, 9.17) is 0 Å². The average Bonchev–Trinajstić information content (AvgIpc) is 2.75. The molecule has 0 heterocycles. The molecule has 0 N–H and O–H groups in total. The third-order valence-electron chi connectivity index (χ3n) is 4.18. The fourth-order valence-corrected chi connectivity index (χ4v) is 2.53. The molecule has 2 aromatic rings. The molecule has 0 radical (unpaired) electrons. The normalized spacial score (nSPS) is 11.3. The lowest BCUT2D eigenvalue weighted by atomic mass is 10.0. The van der Waals surface area contributed by atoms with Crippen LogP contribution in [0.25, 0.3) is 0 Å². The number of carbonyl (C=O) groups excluding carboxylic acids is 1. The smallest absolute Gasteiger partial charge is 0.312 e. The number of hydrogen-bond acceptors (Lipinski definition) is 3. The number of halogens is 5. The van der Waals surface area contributed by atoms with Crippen molar-refractivity contribution in [3.05, 3.63) is 95.4 Å². The third-order valence-corrected chi connectivity index (χ3v) is 4.18. The third kappa shape index (κ3) is 5.40. The summed E-state index contributed by atoms with van der Waals surface area (Å²) in [6.07, 6.45) is 3.90. The molecule has 3 nitrogen and oxygen atoms in total. The Kier molecular flexibility index (Phi) is 8.03. The van der Waals surface area contributed by atoms with Crippen molar-refractivity contribution in [2.45, 2.75) is 25.7 Å². The second-order valence-electron chi connectivity index (χ2n) is 6.31. The summed E-state index contributed by atoms with van der Waals surface area (Å²) in [7, 11) is 0. The van der Waals surface area contributed by atoms with E-state index in [0.29, 0.717) is 18.4 Å². The molecule has 0 amide bonds. The average molecular weight is 423 g/mol. The summed E-state index contributed by atoms with van der Waals surface area (Å²) < 4.78 is 67.3. The van der Waals surface area contributed by atoms with Gasteiger partial charge >= 0.3 is 5.97 Å². The van der Waals surface area contributed by atoms with Gasteiger partial charge in [-0.25, -0.2) is 26.7 Å². The number of nitrogens with zero attached hydrogens (tertiary/aromatic N) is 1. The lowest BCUT2D eigenvalue weighted by Crippen LogP contribution is -2.14. The Morgan fingerprint density at radius 3 is 2.03 bits per heavy atom. The van der Waals surface area contributed by atoms with E-state index < -0.39 is 40.6 Å². The molecule has 0 spiro atoms. The van der Waals surface area contributed by atoms with Gasteiger partial charge in [-0.15, -0.1) is 6.58 Å². The molecule has 0 aliphatic carbocycles. The van der Waals surface area contributed by atoms with Gasteiger partial charge in [0.05, 0.1) is 5.71 Å². The molecule has 0 aliphatic heterocycles. The zero-order valence-corrected chi connectivity index (χ0v) is 15.9. The monoisotopic (exact) mass is 423 g/mol. The molecule has 0 saturated carbocycles. The molecule has 0 saturated heterocycles. The van der Waals surface area contributed by atoms with Gasteiger partial charge in [0, 0.05) is 0 Å². The maximum atomic E-state index is 13.8. The quantitative estimate of drug-likeness (QED) is 0.0910. The Morgan fingerprint density at radius 2 is 1.47 bits per heavy atom. The second-order valence-corrected chi connectivity index (χ2v) is 6.31. The summed E-state index contributed by atoms with van der Waals surface area (Å²) in [5, 5.41) is 3.62. The summed E-state index contributed by atoms with van der Waals surface area (Å²) in [5.74, 6) is -13.2. The van der Waals surface area contributed by atoms with Crippen LogP contribution in [0, 0.1) is 29.1 Å². The summed E-state index contributed by atoms with van der Waals surface area (Å²) in [6, 6.07) is 8.46. The maximum absolute atomic E-state index is 13.8. The van der Waals surface area contributed by atoms with Gasteiger partial charge in [0.2, 0.25) is 5.82 Å². The molecule has 0 aliphatic rings. The summed E-state index contributed by atoms with van der Waals surface area (Å²) in [5.41, 5.74) is -0.0330. The highest BCUT2D eigenvalue weighted by Gasteiger charge is 2.31. The fourth-order valence-electron chi connectivity index (χ4n) is 2.53. The Balaban J connectivity index is 2.28. The molecule has 2 rings (SSSR count). The lowest BCUT2D eigenvalue weighted by Gasteiger charge is -2.09. The predicted molar refractivity (Wildman–Crippen MR) is 102 cm³/mol. The predicted octanol–water partition coefficient (Wildman–Crippen LogP) is 6.25. The maximum Gasteiger partial charge on any atom is 0.371 e. The van der Waals surface area contributed by atoms with Gasteiger partial charge in [-0.3, -0.25) is 0 Å². The first-order valence-corrected chi connectivity index (χ1v) is 8.90. The van der Waals surface area contributed by atoms with Gasteiger partial charge in [0.25, 0.3) is 0 Å². The number of rotatable bonds is 9. The van der Waals surface area contributed by atoms with Crippen molar-refractivity contribution in [1.29, 1.82) is 0 Å². The Hall–Kier alpha value is -3.29. The van der Waals surface area contributed by atoms with Gasteiger partial charge in [-0.1, -0.05) is 53.7 Å². The zero-order chi connectivity index (χ0) is 22.3. The number of carbonyl (C=O) groups is 1. The summed E-state index contributed by atoms with van der Waals surface area (Å²) in [4.78, 5) is 16.6. The molecule has 0 atom stereocenters. The Bertz CT molecular complexity index is 958. The molecular weight excluding hydrogens is 405 g/mol. The number of allylic oxidation sites excluding steroid dienone is 2. The van der Waals surface area contributed by atoms with Gasteiger partial charge in [0.15, 0.2) is 23.3 Å². The van der Waals surface area contributed by atoms with Crippen LogP contribution in [-0.2, 0) is 4.84 Å². The van der Waals surface area contributed by atoms with Crippen molar-refractivity contribution in [2.75, 3.05) is 0 Å². The first kappa shape index (κ1) is 23.0. The molecule has 30 heavy (non-hydrogen) atoms. The van der Waals surface area contributed by atoms with Crippen molar-refractivity contribution in [1.82, 2.24) is 0 Å². The topological polar surface area (TPSA) is 38.7 Å². The van der Waals surface area contributed by atoms with Gasteiger partial charge < -0.3 is 4.84 Å². The minimum Gasteiger partial charge on any atom is -0.312 e. The van der Waals surface area contributed by atoms with E-state index in [1.807, 2.05) is 0 Å². The lowest BCUT2D eigenvalue weighted by molar-refractivity contribution is 0.0501. The number of benzene rings is 2. The fraction of sp³-hybridized carbons (Fsp3) is 0.182. The second kappa shape index (κ2) is 10.5. The molecule has 0 unspecified atom stereocenters. The van der Waals surface area contributed by atoms with Crippen molar-refractivity contribution in [2.24, 2.45) is 5.16 Å². The van der Waals surface area contributed by atoms with Crippen LogP contribution in [0.1, 0.15) is 41.6 Å². The standard InChI is InChI=1S/C22H18F5NO2/c1-3-4-8-13(2)11-12-15(14-9-6-5-7-10-14)28-30-22(29)16-17(23)19(25)21(27)20(26)18(16)24/h3,5-7,9-10H,1-2,4,8,11-12H2/b28-15-. The van der Waals surface area contributed by atoms with Crippen molar-refractivity contribution >= 4 is 11.7 Å². The van der Waals surface area contributed by atoms with Crippen LogP contribution in [0.15, 0.2) is 60.3 Å². The minimum absolute atomic E-state index is 0.243. The van der Waals surface area contributed by atoms with Crippen LogP contribution >= 0.6 is 0 Å². The van der Waals surface area contributed by atoms with E-state index in [1.165, 1.54) is 0 Å².